The van der Waals surface area contributed by atoms with Crippen LogP contribution in [0.1, 0.15) is 56.8 Å². The third-order valence-electron chi connectivity index (χ3n) is 3.85. The second-order valence-corrected chi connectivity index (χ2v) is 6.32. The summed E-state index contributed by atoms with van der Waals surface area (Å²) in [4.78, 5) is 12.0. The van der Waals surface area contributed by atoms with Gasteiger partial charge in [0, 0.05) is 23.3 Å². The zero-order valence-electron chi connectivity index (χ0n) is 12.8. The summed E-state index contributed by atoms with van der Waals surface area (Å²) in [6.45, 7) is 6.27. The van der Waals surface area contributed by atoms with Crippen molar-refractivity contribution in [3.05, 3.63) is 29.8 Å². The molecule has 1 aromatic rings. The van der Waals surface area contributed by atoms with Gasteiger partial charge in [-0.1, -0.05) is 25.8 Å². The molecule has 0 saturated heterocycles. The van der Waals surface area contributed by atoms with Crippen molar-refractivity contribution in [2.75, 3.05) is 5.32 Å². The minimum Gasteiger partial charge on any atom is -0.382 e. The van der Waals surface area contributed by atoms with Crippen LogP contribution in [0.5, 0.6) is 0 Å². The van der Waals surface area contributed by atoms with Crippen molar-refractivity contribution in [2.45, 2.75) is 58.5 Å². The summed E-state index contributed by atoms with van der Waals surface area (Å²) in [7, 11) is 0. The van der Waals surface area contributed by atoms with Crippen molar-refractivity contribution in [1.29, 1.82) is 0 Å². The zero-order valence-corrected chi connectivity index (χ0v) is 12.8. The first-order valence-electron chi connectivity index (χ1n) is 7.72. The van der Waals surface area contributed by atoms with E-state index < -0.39 is 0 Å². The lowest BCUT2D eigenvalue weighted by molar-refractivity contribution is 0.0943. The molecule has 3 nitrogen and oxygen atoms in total. The predicted molar refractivity (Wildman–Crippen MR) is 84.1 cm³/mol. The molecule has 2 N–H and O–H groups in total. The fourth-order valence-electron chi connectivity index (χ4n) is 2.90. The molecule has 20 heavy (non-hydrogen) atoms. The lowest BCUT2D eigenvalue weighted by Crippen LogP contribution is -2.30. The van der Waals surface area contributed by atoms with E-state index in [-0.39, 0.29) is 11.9 Å². The molecule has 1 fully saturated rings. The molecule has 0 aromatic heterocycles. The first-order chi connectivity index (χ1) is 9.54. The van der Waals surface area contributed by atoms with E-state index in [9.17, 15) is 4.79 Å². The molecule has 0 bridgehead atoms. The number of anilines is 1. The number of hydrogen-bond donors (Lipinski definition) is 2. The summed E-state index contributed by atoms with van der Waals surface area (Å²) in [5, 5.41) is 6.51. The van der Waals surface area contributed by atoms with Crippen LogP contribution in [0.15, 0.2) is 24.3 Å². The molecule has 2 atom stereocenters. The third-order valence-corrected chi connectivity index (χ3v) is 3.85. The van der Waals surface area contributed by atoms with E-state index in [0.717, 1.165) is 17.2 Å². The molecular weight excluding hydrogens is 248 g/mol. The number of amides is 1. The van der Waals surface area contributed by atoms with Crippen LogP contribution in [-0.2, 0) is 0 Å². The highest BCUT2D eigenvalue weighted by Crippen LogP contribution is 2.26. The number of rotatable bonds is 4. The van der Waals surface area contributed by atoms with E-state index in [0.29, 0.717) is 6.04 Å². The molecule has 1 aliphatic carbocycles. The number of hydrogen-bond acceptors (Lipinski definition) is 2. The fraction of sp³-hybridized carbons (Fsp3) is 0.588. The Balaban J connectivity index is 2.00. The standard InChI is InChI=1S/C17H26N2O/c1-12(2)18-17(20)14-7-5-9-16(11-14)19-15-8-4-6-13(3)10-15/h5,7,9,11-13,15,19H,4,6,8,10H2,1-3H3,(H,18,20). The van der Waals surface area contributed by atoms with Gasteiger partial charge in [-0.3, -0.25) is 4.79 Å². The van der Waals surface area contributed by atoms with Gasteiger partial charge in [0.1, 0.15) is 0 Å². The topological polar surface area (TPSA) is 41.1 Å². The highest BCUT2D eigenvalue weighted by Gasteiger charge is 2.18. The fourth-order valence-corrected chi connectivity index (χ4v) is 2.90. The Kier molecular flexibility index (Phi) is 5.05. The number of benzene rings is 1. The van der Waals surface area contributed by atoms with Crippen LogP contribution in [0.2, 0.25) is 0 Å². The molecular formula is C17H26N2O. The minimum atomic E-state index is 0.000613. The number of nitrogens with one attached hydrogen (secondary N) is 2. The Hall–Kier alpha value is -1.51. The average molecular weight is 274 g/mol. The van der Waals surface area contributed by atoms with Crippen LogP contribution in [0, 0.1) is 5.92 Å². The van der Waals surface area contributed by atoms with Gasteiger partial charge >= 0.3 is 0 Å². The minimum absolute atomic E-state index is 0.000613. The Morgan fingerprint density at radius 3 is 2.80 bits per heavy atom. The quantitative estimate of drug-likeness (QED) is 0.876. The Morgan fingerprint density at radius 1 is 1.30 bits per heavy atom. The lowest BCUT2D eigenvalue weighted by Gasteiger charge is -2.28. The molecule has 3 heteroatoms. The van der Waals surface area contributed by atoms with Crippen molar-refractivity contribution in [3.63, 3.8) is 0 Å². The monoisotopic (exact) mass is 274 g/mol. The van der Waals surface area contributed by atoms with Crippen LogP contribution in [0.4, 0.5) is 5.69 Å². The van der Waals surface area contributed by atoms with Crippen LogP contribution >= 0.6 is 0 Å². The van der Waals surface area contributed by atoms with Gasteiger partial charge < -0.3 is 10.6 Å². The Morgan fingerprint density at radius 2 is 2.10 bits per heavy atom. The van der Waals surface area contributed by atoms with Crippen LogP contribution in [0.3, 0.4) is 0 Å². The molecule has 2 rings (SSSR count). The third kappa shape index (κ3) is 4.26. The maximum absolute atomic E-state index is 12.0. The summed E-state index contributed by atoms with van der Waals surface area (Å²) >= 11 is 0. The smallest absolute Gasteiger partial charge is 0.251 e. The van der Waals surface area contributed by atoms with Gasteiger partial charge in [-0.2, -0.15) is 0 Å². The lowest BCUT2D eigenvalue weighted by atomic mass is 9.87. The molecule has 1 aromatic carbocycles. The molecule has 1 amide bonds. The van der Waals surface area contributed by atoms with Crippen LogP contribution < -0.4 is 10.6 Å². The SMILES string of the molecule is CC1CCCC(Nc2cccc(C(=O)NC(C)C)c2)C1. The first kappa shape index (κ1) is 14.9. The van der Waals surface area contributed by atoms with E-state index in [1.54, 1.807) is 0 Å². The summed E-state index contributed by atoms with van der Waals surface area (Å²) in [6.07, 6.45) is 5.09. The molecule has 2 unspecified atom stereocenters. The largest absolute Gasteiger partial charge is 0.382 e. The molecule has 1 saturated carbocycles. The van der Waals surface area contributed by atoms with Crippen molar-refractivity contribution in [2.24, 2.45) is 5.92 Å². The van der Waals surface area contributed by atoms with Crippen molar-refractivity contribution in [3.8, 4) is 0 Å². The first-order valence-corrected chi connectivity index (χ1v) is 7.72. The second kappa shape index (κ2) is 6.78. The number of carbonyl (C=O) groups excluding carboxylic acids is 1. The molecule has 1 aliphatic rings. The van der Waals surface area contributed by atoms with Gasteiger partial charge in [-0.15, -0.1) is 0 Å². The highest BCUT2D eigenvalue weighted by molar-refractivity contribution is 5.95. The average Bonchev–Trinajstić information content (AvgIpc) is 2.38. The summed E-state index contributed by atoms with van der Waals surface area (Å²) in [6, 6.07) is 8.53. The maximum atomic E-state index is 12.0. The van der Waals surface area contributed by atoms with E-state index in [1.807, 2.05) is 38.1 Å². The second-order valence-electron chi connectivity index (χ2n) is 6.32. The van der Waals surface area contributed by atoms with Crippen LogP contribution in [-0.4, -0.2) is 18.0 Å². The van der Waals surface area contributed by atoms with Crippen molar-refractivity contribution in [1.82, 2.24) is 5.32 Å². The zero-order chi connectivity index (χ0) is 14.5. The van der Waals surface area contributed by atoms with Gasteiger partial charge in [0.2, 0.25) is 0 Å². The maximum Gasteiger partial charge on any atom is 0.251 e. The van der Waals surface area contributed by atoms with Crippen molar-refractivity contribution >= 4 is 11.6 Å². The molecule has 110 valence electrons. The Labute approximate surface area is 122 Å². The van der Waals surface area contributed by atoms with Gasteiger partial charge in [-0.25, -0.2) is 0 Å². The van der Waals surface area contributed by atoms with Crippen molar-refractivity contribution < 1.29 is 4.79 Å². The van der Waals surface area contributed by atoms with Gasteiger partial charge in [0.15, 0.2) is 0 Å². The summed E-state index contributed by atoms with van der Waals surface area (Å²) < 4.78 is 0. The molecule has 0 aliphatic heterocycles. The Bertz CT molecular complexity index is 456. The van der Waals surface area contributed by atoms with E-state index in [1.165, 1.54) is 25.7 Å². The van der Waals surface area contributed by atoms with E-state index in [2.05, 4.69) is 17.6 Å². The van der Waals surface area contributed by atoms with E-state index >= 15 is 0 Å². The molecule has 0 radical (unpaired) electrons. The summed E-state index contributed by atoms with van der Waals surface area (Å²) in [5.74, 6) is 0.800. The van der Waals surface area contributed by atoms with Crippen LogP contribution in [0.25, 0.3) is 0 Å². The predicted octanol–water partition coefficient (Wildman–Crippen LogP) is 3.82. The van der Waals surface area contributed by atoms with Gasteiger partial charge in [0.05, 0.1) is 0 Å². The summed E-state index contributed by atoms with van der Waals surface area (Å²) in [5.41, 5.74) is 1.79. The van der Waals surface area contributed by atoms with Gasteiger partial charge in [0.25, 0.3) is 5.91 Å². The molecule has 0 spiro atoms. The molecule has 0 heterocycles. The normalized spacial score (nSPS) is 22.6. The van der Waals surface area contributed by atoms with E-state index in [4.69, 9.17) is 0 Å². The number of carbonyl (C=O) groups is 1. The highest BCUT2D eigenvalue weighted by atomic mass is 16.1. The van der Waals surface area contributed by atoms with Gasteiger partial charge in [-0.05, 0) is 50.8 Å².